The minimum absolute atomic E-state index is 0.295. The second-order valence-electron chi connectivity index (χ2n) is 5.99. The molecular formula is C20H25NO3S. The zero-order valence-corrected chi connectivity index (χ0v) is 15.2. The van der Waals surface area contributed by atoms with Gasteiger partial charge in [0.1, 0.15) is 0 Å². The molecule has 5 heteroatoms. The molecule has 1 atom stereocenters. The monoisotopic (exact) mass is 359 g/mol. The Labute approximate surface area is 150 Å². The van der Waals surface area contributed by atoms with Gasteiger partial charge in [-0.1, -0.05) is 60.2 Å². The average molecular weight is 359 g/mol. The molecule has 0 heterocycles. The van der Waals surface area contributed by atoms with E-state index in [-0.39, 0.29) is 0 Å². The molecule has 0 saturated heterocycles. The van der Waals surface area contributed by atoms with Gasteiger partial charge in [0, 0.05) is 6.54 Å². The zero-order valence-electron chi connectivity index (χ0n) is 14.4. The van der Waals surface area contributed by atoms with Crippen molar-refractivity contribution < 1.29 is 13.5 Å². The molecule has 25 heavy (non-hydrogen) atoms. The number of hydrogen-bond acceptors (Lipinski definition) is 3. The van der Waals surface area contributed by atoms with Gasteiger partial charge in [-0.15, -0.1) is 0 Å². The average Bonchev–Trinajstić information content (AvgIpc) is 2.62. The number of unbranched alkanes of at least 4 members (excludes halogenated alkanes) is 2. The molecule has 0 spiro atoms. The Balaban J connectivity index is 1.68. The molecule has 2 rings (SSSR count). The highest BCUT2D eigenvalue weighted by Gasteiger charge is 2.12. The van der Waals surface area contributed by atoms with Crippen LogP contribution in [-0.2, 0) is 10.0 Å². The fraction of sp³-hybridized carbons (Fsp3) is 0.300. The van der Waals surface area contributed by atoms with Gasteiger partial charge in [0.05, 0.1) is 11.0 Å². The van der Waals surface area contributed by atoms with E-state index in [2.05, 4.69) is 4.72 Å². The van der Waals surface area contributed by atoms with Gasteiger partial charge >= 0.3 is 0 Å². The summed E-state index contributed by atoms with van der Waals surface area (Å²) in [6, 6.07) is 16.3. The molecule has 0 saturated carbocycles. The minimum atomic E-state index is -3.43. The summed E-state index contributed by atoms with van der Waals surface area (Å²) < 4.78 is 26.9. The maximum absolute atomic E-state index is 12.1. The van der Waals surface area contributed by atoms with E-state index in [1.807, 2.05) is 43.3 Å². The van der Waals surface area contributed by atoms with Crippen molar-refractivity contribution in [3.8, 4) is 0 Å². The number of aliphatic hydroxyl groups excluding tert-OH is 1. The second kappa shape index (κ2) is 9.51. The van der Waals surface area contributed by atoms with Gasteiger partial charge in [0.15, 0.2) is 0 Å². The van der Waals surface area contributed by atoms with Gasteiger partial charge in [-0.3, -0.25) is 0 Å². The van der Waals surface area contributed by atoms with Gasteiger partial charge in [-0.25, -0.2) is 13.1 Å². The van der Waals surface area contributed by atoms with Crippen LogP contribution in [0.3, 0.4) is 0 Å². The lowest BCUT2D eigenvalue weighted by atomic mass is 10.1. The number of allylic oxidation sites excluding steroid dienone is 1. The van der Waals surface area contributed by atoms with E-state index in [1.165, 1.54) is 0 Å². The first-order chi connectivity index (χ1) is 12.0. The molecule has 2 N–H and O–H groups in total. The number of nitrogens with one attached hydrogen (secondary N) is 1. The Morgan fingerprint density at radius 2 is 1.72 bits per heavy atom. The Bertz CT molecular complexity index is 768. The van der Waals surface area contributed by atoms with Crippen molar-refractivity contribution in [1.82, 2.24) is 4.72 Å². The molecule has 4 nitrogen and oxygen atoms in total. The second-order valence-corrected chi connectivity index (χ2v) is 7.76. The maximum atomic E-state index is 12.1. The van der Waals surface area contributed by atoms with Crippen molar-refractivity contribution in [3.63, 3.8) is 0 Å². The summed E-state index contributed by atoms with van der Waals surface area (Å²) in [6.07, 6.45) is 5.51. The molecule has 2 aromatic rings. The van der Waals surface area contributed by atoms with Crippen molar-refractivity contribution in [1.29, 1.82) is 0 Å². The SMILES string of the molecule is Cc1ccc(S(=O)(=O)NCCCC/C=C/C(O)c2ccccc2)cc1. The number of aryl methyl sites for hydroxylation is 1. The number of rotatable bonds is 9. The van der Waals surface area contributed by atoms with Crippen LogP contribution in [-0.4, -0.2) is 20.1 Å². The maximum Gasteiger partial charge on any atom is 0.240 e. The van der Waals surface area contributed by atoms with Crippen LogP contribution in [0.25, 0.3) is 0 Å². The molecule has 134 valence electrons. The third-order valence-corrected chi connectivity index (χ3v) is 5.36. The first-order valence-corrected chi connectivity index (χ1v) is 9.93. The first kappa shape index (κ1) is 19.4. The molecule has 0 bridgehead atoms. The Hall–Kier alpha value is -1.95. The van der Waals surface area contributed by atoms with Gasteiger partial charge in [0.25, 0.3) is 0 Å². The van der Waals surface area contributed by atoms with E-state index in [4.69, 9.17) is 0 Å². The van der Waals surface area contributed by atoms with E-state index in [0.717, 1.165) is 30.4 Å². The van der Waals surface area contributed by atoms with Crippen LogP contribution in [0, 0.1) is 6.92 Å². The van der Waals surface area contributed by atoms with Crippen LogP contribution >= 0.6 is 0 Å². The summed E-state index contributed by atoms with van der Waals surface area (Å²) in [5.74, 6) is 0. The molecule has 2 aromatic carbocycles. The molecule has 0 amide bonds. The summed E-state index contributed by atoms with van der Waals surface area (Å²) in [7, 11) is -3.43. The standard InChI is InChI=1S/C20H25NO3S/c1-17-12-14-19(15-13-17)25(23,24)21-16-8-3-2-7-11-20(22)18-9-5-4-6-10-18/h4-7,9-15,20-22H,2-3,8,16H2,1H3/b11-7+. The number of hydrogen-bond donors (Lipinski definition) is 2. The zero-order chi connectivity index (χ0) is 18.1. The Morgan fingerprint density at radius 1 is 1.04 bits per heavy atom. The van der Waals surface area contributed by atoms with Crippen molar-refractivity contribution in [2.75, 3.05) is 6.54 Å². The summed E-state index contributed by atoms with van der Waals surface area (Å²) in [6.45, 7) is 2.33. The van der Waals surface area contributed by atoms with E-state index in [0.29, 0.717) is 11.4 Å². The Kier molecular flexibility index (Phi) is 7.37. The normalized spacial score (nSPS) is 13.2. The molecule has 0 radical (unpaired) electrons. The molecule has 0 aromatic heterocycles. The molecular weight excluding hydrogens is 334 g/mol. The third-order valence-electron chi connectivity index (χ3n) is 3.88. The smallest absolute Gasteiger partial charge is 0.240 e. The van der Waals surface area contributed by atoms with Crippen LogP contribution in [0.1, 0.15) is 36.5 Å². The van der Waals surface area contributed by atoms with E-state index in [9.17, 15) is 13.5 Å². The summed E-state index contributed by atoms with van der Waals surface area (Å²) >= 11 is 0. The third kappa shape index (κ3) is 6.46. The lowest BCUT2D eigenvalue weighted by Gasteiger charge is -2.07. The van der Waals surface area contributed by atoms with Crippen LogP contribution in [0.5, 0.6) is 0 Å². The molecule has 0 fully saturated rings. The Morgan fingerprint density at radius 3 is 2.40 bits per heavy atom. The van der Waals surface area contributed by atoms with E-state index in [1.54, 1.807) is 30.3 Å². The van der Waals surface area contributed by atoms with Gasteiger partial charge in [-0.05, 0) is 43.9 Å². The van der Waals surface area contributed by atoms with Crippen LogP contribution in [0.2, 0.25) is 0 Å². The van der Waals surface area contributed by atoms with Crippen molar-refractivity contribution in [2.45, 2.75) is 37.2 Å². The predicted molar refractivity (Wildman–Crippen MR) is 101 cm³/mol. The van der Waals surface area contributed by atoms with Crippen LogP contribution < -0.4 is 4.72 Å². The summed E-state index contributed by atoms with van der Waals surface area (Å²) in [5, 5.41) is 10.00. The first-order valence-electron chi connectivity index (χ1n) is 8.45. The largest absolute Gasteiger partial charge is 0.384 e. The molecule has 0 aliphatic carbocycles. The van der Waals surface area contributed by atoms with Crippen molar-refractivity contribution >= 4 is 10.0 Å². The van der Waals surface area contributed by atoms with Gasteiger partial charge in [-0.2, -0.15) is 0 Å². The lowest BCUT2D eigenvalue weighted by Crippen LogP contribution is -2.24. The van der Waals surface area contributed by atoms with Crippen LogP contribution in [0.4, 0.5) is 0 Å². The van der Waals surface area contributed by atoms with Crippen molar-refractivity contribution in [2.24, 2.45) is 0 Å². The van der Waals surface area contributed by atoms with E-state index < -0.39 is 16.1 Å². The number of aliphatic hydroxyl groups is 1. The molecule has 0 aliphatic rings. The van der Waals surface area contributed by atoms with E-state index >= 15 is 0 Å². The quantitative estimate of drug-likeness (QED) is 0.529. The van der Waals surface area contributed by atoms with Gasteiger partial charge < -0.3 is 5.11 Å². The number of sulfonamides is 1. The van der Waals surface area contributed by atoms with Crippen LogP contribution in [0.15, 0.2) is 71.6 Å². The van der Waals surface area contributed by atoms with Gasteiger partial charge in [0.2, 0.25) is 10.0 Å². The fourth-order valence-corrected chi connectivity index (χ4v) is 3.46. The number of benzene rings is 2. The highest BCUT2D eigenvalue weighted by molar-refractivity contribution is 7.89. The summed E-state index contributed by atoms with van der Waals surface area (Å²) in [5.41, 5.74) is 1.90. The highest BCUT2D eigenvalue weighted by Crippen LogP contribution is 2.14. The predicted octanol–water partition coefficient (Wildman–Crippen LogP) is 3.73. The topological polar surface area (TPSA) is 66.4 Å². The van der Waals surface area contributed by atoms with Crippen molar-refractivity contribution in [3.05, 3.63) is 77.9 Å². The minimum Gasteiger partial charge on any atom is -0.384 e. The molecule has 0 aliphatic heterocycles. The lowest BCUT2D eigenvalue weighted by molar-refractivity contribution is 0.228. The fourth-order valence-electron chi connectivity index (χ4n) is 2.38. The molecule has 1 unspecified atom stereocenters. The highest BCUT2D eigenvalue weighted by atomic mass is 32.2. The summed E-state index contributed by atoms with van der Waals surface area (Å²) in [4.78, 5) is 0.295.